The van der Waals surface area contributed by atoms with E-state index in [1.54, 1.807) is 29.4 Å². The van der Waals surface area contributed by atoms with Gasteiger partial charge in [-0.1, -0.05) is 18.5 Å². The number of aryl methyl sites for hydroxylation is 1. The van der Waals surface area contributed by atoms with Gasteiger partial charge in [-0.3, -0.25) is 0 Å². The standard InChI is InChI=1S/C15H23ClN2O2S.ClH/c1-3-17-11-13-6-8-18(9-7-13)21(19,20)15-5-4-14(16)10-12(15)2;/h4-5,10,13,17H,3,6-9,11H2,1-2H3;1H. The second-order valence-corrected chi connectivity index (χ2v) is 7.91. The van der Waals surface area contributed by atoms with E-state index in [9.17, 15) is 8.42 Å². The van der Waals surface area contributed by atoms with Crippen LogP contribution in [0, 0.1) is 12.8 Å². The SMILES string of the molecule is CCNCC1CCN(S(=O)(=O)c2ccc(Cl)cc2C)CC1.Cl. The molecule has 0 amide bonds. The van der Waals surface area contributed by atoms with Crippen molar-refractivity contribution in [3.05, 3.63) is 28.8 Å². The van der Waals surface area contributed by atoms with E-state index in [1.807, 2.05) is 0 Å². The molecule has 4 nitrogen and oxygen atoms in total. The molecule has 0 spiro atoms. The predicted octanol–water partition coefficient (Wildman–Crippen LogP) is 3.08. The maximum absolute atomic E-state index is 12.7. The van der Waals surface area contributed by atoms with E-state index in [-0.39, 0.29) is 12.4 Å². The Morgan fingerprint density at radius 1 is 1.32 bits per heavy atom. The molecule has 126 valence electrons. The zero-order valence-corrected chi connectivity index (χ0v) is 15.4. The minimum Gasteiger partial charge on any atom is -0.317 e. The molecule has 1 saturated heterocycles. The van der Waals surface area contributed by atoms with Crippen LogP contribution >= 0.6 is 24.0 Å². The van der Waals surface area contributed by atoms with Crippen molar-refractivity contribution in [2.45, 2.75) is 31.6 Å². The summed E-state index contributed by atoms with van der Waals surface area (Å²) in [5.41, 5.74) is 0.706. The second kappa shape index (κ2) is 8.50. The Bertz CT molecular complexity index is 585. The normalized spacial score (nSPS) is 17.2. The van der Waals surface area contributed by atoms with Gasteiger partial charge in [0.1, 0.15) is 0 Å². The van der Waals surface area contributed by atoms with Gasteiger partial charge < -0.3 is 5.32 Å². The first kappa shape index (κ1) is 19.7. The third-order valence-corrected chi connectivity index (χ3v) is 6.31. The molecule has 1 aromatic carbocycles. The van der Waals surface area contributed by atoms with Crippen LogP contribution in [-0.2, 0) is 10.0 Å². The summed E-state index contributed by atoms with van der Waals surface area (Å²) in [5, 5.41) is 3.90. The molecule has 1 aliphatic rings. The molecule has 0 aliphatic carbocycles. The summed E-state index contributed by atoms with van der Waals surface area (Å²) in [5.74, 6) is 0.572. The third-order valence-electron chi connectivity index (χ3n) is 4.01. The fourth-order valence-corrected chi connectivity index (χ4v) is 4.65. The lowest BCUT2D eigenvalue weighted by Crippen LogP contribution is -2.40. The molecule has 22 heavy (non-hydrogen) atoms. The van der Waals surface area contributed by atoms with Gasteiger partial charge in [0.2, 0.25) is 10.0 Å². The van der Waals surface area contributed by atoms with Crippen molar-refractivity contribution in [3.8, 4) is 0 Å². The number of sulfonamides is 1. The van der Waals surface area contributed by atoms with Crippen molar-refractivity contribution in [2.75, 3.05) is 26.2 Å². The average molecular weight is 367 g/mol. The van der Waals surface area contributed by atoms with Crippen molar-refractivity contribution in [1.29, 1.82) is 0 Å². The van der Waals surface area contributed by atoms with Gasteiger partial charge in [0, 0.05) is 18.1 Å². The van der Waals surface area contributed by atoms with Crippen LogP contribution in [0.1, 0.15) is 25.3 Å². The van der Waals surface area contributed by atoms with E-state index in [4.69, 9.17) is 11.6 Å². The zero-order valence-electron chi connectivity index (χ0n) is 13.0. The zero-order chi connectivity index (χ0) is 15.5. The van der Waals surface area contributed by atoms with Gasteiger partial charge >= 0.3 is 0 Å². The van der Waals surface area contributed by atoms with Crippen LogP contribution in [0.15, 0.2) is 23.1 Å². The molecule has 0 aromatic heterocycles. The summed E-state index contributed by atoms with van der Waals surface area (Å²) < 4.78 is 27.0. The van der Waals surface area contributed by atoms with Crippen molar-refractivity contribution < 1.29 is 8.42 Å². The molecular formula is C15H24Cl2N2O2S. The lowest BCUT2D eigenvalue weighted by Gasteiger charge is -2.31. The molecule has 1 heterocycles. The van der Waals surface area contributed by atoms with Crippen molar-refractivity contribution in [2.24, 2.45) is 5.92 Å². The molecule has 0 bridgehead atoms. The molecule has 0 saturated carbocycles. The molecule has 0 radical (unpaired) electrons. The second-order valence-electron chi connectivity index (χ2n) is 5.56. The number of hydrogen-bond acceptors (Lipinski definition) is 3. The minimum absolute atomic E-state index is 0. The highest BCUT2D eigenvalue weighted by molar-refractivity contribution is 7.89. The number of hydrogen-bond donors (Lipinski definition) is 1. The third kappa shape index (κ3) is 4.59. The maximum atomic E-state index is 12.7. The summed E-state index contributed by atoms with van der Waals surface area (Å²) in [6, 6.07) is 4.95. The number of rotatable bonds is 5. The highest BCUT2D eigenvalue weighted by Gasteiger charge is 2.30. The lowest BCUT2D eigenvalue weighted by atomic mass is 9.98. The Balaban J connectivity index is 0.00000242. The Morgan fingerprint density at radius 2 is 1.95 bits per heavy atom. The number of nitrogens with one attached hydrogen (secondary N) is 1. The molecule has 0 unspecified atom stereocenters. The average Bonchev–Trinajstić information content (AvgIpc) is 2.45. The highest BCUT2D eigenvalue weighted by atomic mass is 35.5. The Morgan fingerprint density at radius 3 is 2.50 bits per heavy atom. The van der Waals surface area contributed by atoms with E-state index in [2.05, 4.69) is 12.2 Å². The molecule has 1 fully saturated rings. The molecule has 2 rings (SSSR count). The van der Waals surface area contributed by atoms with Crippen LogP contribution in [0.3, 0.4) is 0 Å². The van der Waals surface area contributed by atoms with Crippen LogP contribution in [0.2, 0.25) is 5.02 Å². The number of halogens is 2. The molecule has 1 aliphatic heterocycles. The summed E-state index contributed by atoms with van der Waals surface area (Å²) in [6.07, 6.45) is 1.83. The van der Waals surface area contributed by atoms with Gasteiger partial charge in [-0.05, 0) is 62.5 Å². The summed E-state index contributed by atoms with van der Waals surface area (Å²) in [7, 11) is -3.40. The molecule has 7 heteroatoms. The van der Waals surface area contributed by atoms with Gasteiger partial charge in [-0.25, -0.2) is 8.42 Å². The Kier molecular flexibility index (Phi) is 7.62. The Labute approximate surface area is 144 Å². The lowest BCUT2D eigenvalue weighted by molar-refractivity contribution is 0.268. The molecule has 0 atom stereocenters. The van der Waals surface area contributed by atoms with Crippen LogP contribution in [0.25, 0.3) is 0 Å². The van der Waals surface area contributed by atoms with E-state index < -0.39 is 10.0 Å². The first-order valence-corrected chi connectivity index (χ1v) is 9.24. The van der Waals surface area contributed by atoms with Crippen LogP contribution in [-0.4, -0.2) is 38.9 Å². The minimum atomic E-state index is -3.40. The topological polar surface area (TPSA) is 49.4 Å². The number of piperidine rings is 1. The number of benzene rings is 1. The van der Waals surface area contributed by atoms with Crippen molar-refractivity contribution >= 4 is 34.0 Å². The molecular weight excluding hydrogens is 343 g/mol. The smallest absolute Gasteiger partial charge is 0.243 e. The van der Waals surface area contributed by atoms with Gasteiger partial charge in [0.05, 0.1) is 4.90 Å². The monoisotopic (exact) mass is 366 g/mol. The number of nitrogens with zero attached hydrogens (tertiary/aromatic N) is 1. The fraction of sp³-hybridized carbons (Fsp3) is 0.600. The van der Waals surface area contributed by atoms with E-state index in [1.165, 1.54) is 0 Å². The van der Waals surface area contributed by atoms with Crippen molar-refractivity contribution in [1.82, 2.24) is 9.62 Å². The summed E-state index contributed by atoms with van der Waals surface area (Å²) >= 11 is 5.91. The van der Waals surface area contributed by atoms with Crippen LogP contribution in [0.5, 0.6) is 0 Å². The van der Waals surface area contributed by atoms with E-state index in [0.717, 1.165) is 25.9 Å². The Hall–Kier alpha value is -0.330. The van der Waals surface area contributed by atoms with Gasteiger partial charge in [-0.15, -0.1) is 12.4 Å². The maximum Gasteiger partial charge on any atom is 0.243 e. The predicted molar refractivity (Wildman–Crippen MR) is 93.5 cm³/mol. The molecule has 1 N–H and O–H groups in total. The largest absolute Gasteiger partial charge is 0.317 e. The molecule has 1 aromatic rings. The van der Waals surface area contributed by atoms with E-state index >= 15 is 0 Å². The van der Waals surface area contributed by atoms with Crippen molar-refractivity contribution in [3.63, 3.8) is 0 Å². The van der Waals surface area contributed by atoms with E-state index in [0.29, 0.717) is 34.5 Å². The van der Waals surface area contributed by atoms with Gasteiger partial charge in [-0.2, -0.15) is 4.31 Å². The summed E-state index contributed by atoms with van der Waals surface area (Å²) in [4.78, 5) is 0.372. The quantitative estimate of drug-likeness (QED) is 0.870. The van der Waals surface area contributed by atoms with Crippen LogP contribution < -0.4 is 5.32 Å². The first-order chi connectivity index (χ1) is 9.95. The fourth-order valence-electron chi connectivity index (χ4n) is 2.74. The first-order valence-electron chi connectivity index (χ1n) is 7.42. The highest BCUT2D eigenvalue weighted by Crippen LogP contribution is 2.26. The van der Waals surface area contributed by atoms with Gasteiger partial charge in [0.25, 0.3) is 0 Å². The van der Waals surface area contributed by atoms with Gasteiger partial charge in [0.15, 0.2) is 0 Å². The van der Waals surface area contributed by atoms with Crippen LogP contribution in [0.4, 0.5) is 0 Å². The summed E-state index contributed by atoms with van der Waals surface area (Å²) in [6.45, 7) is 7.01.